The fraction of sp³-hybridized carbons (Fsp3) is 0.278. The van der Waals surface area contributed by atoms with E-state index in [-0.39, 0.29) is 23.2 Å². The van der Waals surface area contributed by atoms with E-state index in [9.17, 15) is 13.2 Å². The van der Waals surface area contributed by atoms with Crippen LogP contribution in [-0.2, 0) is 10.0 Å². The number of amides is 1. The smallest absolute Gasteiger partial charge is 0.261 e. The summed E-state index contributed by atoms with van der Waals surface area (Å²) in [5.74, 6) is -0.250. The van der Waals surface area contributed by atoms with Crippen molar-refractivity contribution in [3.63, 3.8) is 0 Å². The predicted octanol–water partition coefficient (Wildman–Crippen LogP) is 2.60. The number of hydrogen-bond acceptors (Lipinski definition) is 4. The molecular formula is C18H24ClN3O3S. The summed E-state index contributed by atoms with van der Waals surface area (Å²) in [4.78, 5) is 12.0. The highest BCUT2D eigenvalue weighted by Gasteiger charge is 2.16. The highest BCUT2D eigenvalue weighted by atomic mass is 35.5. The van der Waals surface area contributed by atoms with Gasteiger partial charge in [-0.25, -0.2) is 8.42 Å². The van der Waals surface area contributed by atoms with Gasteiger partial charge in [-0.2, -0.15) is 0 Å². The SMILES string of the molecule is Cc1cccc(NS(=O)(=O)c2ccc(C(=O)NCCCN)cc2)c1C.Cl. The van der Waals surface area contributed by atoms with E-state index in [1.807, 2.05) is 19.9 Å². The Morgan fingerprint density at radius 3 is 2.35 bits per heavy atom. The van der Waals surface area contributed by atoms with Gasteiger partial charge >= 0.3 is 0 Å². The minimum absolute atomic E-state index is 0. The summed E-state index contributed by atoms with van der Waals surface area (Å²) in [5, 5.41) is 2.73. The molecule has 0 saturated carbocycles. The van der Waals surface area contributed by atoms with Crippen LogP contribution in [0.4, 0.5) is 5.69 Å². The lowest BCUT2D eigenvalue weighted by Crippen LogP contribution is -2.26. The number of anilines is 1. The van der Waals surface area contributed by atoms with Gasteiger partial charge in [-0.3, -0.25) is 9.52 Å². The Morgan fingerprint density at radius 1 is 1.08 bits per heavy atom. The molecular weight excluding hydrogens is 374 g/mol. The van der Waals surface area contributed by atoms with Crippen LogP contribution in [0, 0.1) is 13.8 Å². The van der Waals surface area contributed by atoms with Gasteiger partial charge in [-0.05, 0) is 68.3 Å². The molecule has 6 nitrogen and oxygen atoms in total. The van der Waals surface area contributed by atoms with Gasteiger partial charge in [0.25, 0.3) is 15.9 Å². The molecule has 0 aromatic heterocycles. The quantitative estimate of drug-likeness (QED) is 0.625. The molecule has 0 spiro atoms. The minimum Gasteiger partial charge on any atom is -0.352 e. The third-order valence-corrected chi connectivity index (χ3v) is 5.32. The standard InChI is InChI=1S/C18H23N3O3S.ClH/c1-13-5-3-6-17(14(13)2)21-25(23,24)16-9-7-15(8-10-16)18(22)20-12-4-11-19;/h3,5-10,21H,4,11-12,19H2,1-2H3,(H,20,22);1H. The molecule has 26 heavy (non-hydrogen) atoms. The van der Waals surface area contributed by atoms with Gasteiger partial charge in [-0.15, -0.1) is 12.4 Å². The summed E-state index contributed by atoms with van der Waals surface area (Å²) < 4.78 is 27.7. The molecule has 0 atom stereocenters. The first-order valence-electron chi connectivity index (χ1n) is 8.02. The Hall–Kier alpha value is -2.09. The van der Waals surface area contributed by atoms with Crippen molar-refractivity contribution in [3.8, 4) is 0 Å². The number of rotatable bonds is 7. The summed E-state index contributed by atoms with van der Waals surface area (Å²) in [6, 6.07) is 11.3. The second-order valence-corrected chi connectivity index (χ2v) is 7.46. The summed E-state index contributed by atoms with van der Waals surface area (Å²) in [6.07, 6.45) is 0.692. The zero-order valence-corrected chi connectivity index (χ0v) is 16.4. The van der Waals surface area contributed by atoms with Crippen molar-refractivity contribution in [2.75, 3.05) is 17.8 Å². The number of halogens is 1. The first-order chi connectivity index (χ1) is 11.8. The van der Waals surface area contributed by atoms with Crippen LogP contribution in [-0.4, -0.2) is 27.4 Å². The van der Waals surface area contributed by atoms with Crippen LogP contribution in [0.1, 0.15) is 27.9 Å². The van der Waals surface area contributed by atoms with Crippen LogP contribution in [0.15, 0.2) is 47.4 Å². The Balaban J connectivity index is 0.00000338. The molecule has 142 valence electrons. The van der Waals surface area contributed by atoms with Gasteiger partial charge in [-0.1, -0.05) is 12.1 Å². The molecule has 0 aliphatic rings. The summed E-state index contributed by atoms with van der Waals surface area (Å²) >= 11 is 0. The fourth-order valence-electron chi connectivity index (χ4n) is 2.26. The first kappa shape index (κ1) is 22.0. The van der Waals surface area contributed by atoms with Crippen molar-refractivity contribution < 1.29 is 13.2 Å². The number of benzene rings is 2. The third kappa shape index (κ3) is 5.45. The lowest BCUT2D eigenvalue weighted by atomic mass is 10.1. The lowest BCUT2D eigenvalue weighted by molar-refractivity contribution is 0.0953. The Morgan fingerprint density at radius 2 is 1.73 bits per heavy atom. The van der Waals surface area contributed by atoms with Crippen LogP contribution in [0.3, 0.4) is 0 Å². The number of carbonyl (C=O) groups excluding carboxylic acids is 1. The molecule has 2 aromatic rings. The summed E-state index contributed by atoms with van der Waals surface area (Å²) in [5.41, 5.74) is 8.21. The molecule has 0 aliphatic heterocycles. The molecule has 0 unspecified atom stereocenters. The number of nitrogens with one attached hydrogen (secondary N) is 2. The van der Waals surface area contributed by atoms with Crippen molar-refractivity contribution in [2.45, 2.75) is 25.2 Å². The number of sulfonamides is 1. The predicted molar refractivity (Wildman–Crippen MR) is 106 cm³/mol. The molecule has 0 radical (unpaired) electrons. The minimum atomic E-state index is -3.71. The first-order valence-corrected chi connectivity index (χ1v) is 9.51. The van der Waals surface area contributed by atoms with E-state index in [0.29, 0.717) is 30.8 Å². The Bertz CT molecular complexity index is 852. The van der Waals surface area contributed by atoms with E-state index in [0.717, 1.165) is 11.1 Å². The van der Waals surface area contributed by atoms with Crippen LogP contribution < -0.4 is 15.8 Å². The molecule has 4 N–H and O–H groups in total. The average Bonchev–Trinajstić information content (AvgIpc) is 2.59. The highest BCUT2D eigenvalue weighted by molar-refractivity contribution is 7.92. The number of nitrogens with two attached hydrogens (primary N) is 1. The topological polar surface area (TPSA) is 101 Å². The van der Waals surface area contributed by atoms with Crippen LogP contribution >= 0.6 is 12.4 Å². The van der Waals surface area contributed by atoms with E-state index < -0.39 is 10.0 Å². The maximum absolute atomic E-state index is 12.5. The Labute approximate surface area is 160 Å². The Kier molecular flexibility index (Phi) is 8.08. The van der Waals surface area contributed by atoms with Gasteiger partial charge in [0.1, 0.15) is 0 Å². The van der Waals surface area contributed by atoms with Crippen molar-refractivity contribution >= 4 is 34.0 Å². The molecule has 0 aliphatic carbocycles. The number of carbonyl (C=O) groups is 1. The van der Waals surface area contributed by atoms with E-state index in [2.05, 4.69) is 10.0 Å². The maximum Gasteiger partial charge on any atom is 0.261 e. The maximum atomic E-state index is 12.5. The second-order valence-electron chi connectivity index (χ2n) is 5.78. The van der Waals surface area contributed by atoms with Crippen LogP contribution in [0.2, 0.25) is 0 Å². The van der Waals surface area contributed by atoms with E-state index in [4.69, 9.17) is 5.73 Å². The normalized spacial score (nSPS) is 10.7. The zero-order valence-electron chi connectivity index (χ0n) is 14.8. The lowest BCUT2D eigenvalue weighted by Gasteiger charge is -2.12. The molecule has 0 heterocycles. The van der Waals surface area contributed by atoms with Crippen molar-refractivity contribution in [2.24, 2.45) is 5.73 Å². The van der Waals surface area contributed by atoms with Crippen LogP contribution in [0.25, 0.3) is 0 Å². The summed E-state index contributed by atoms with van der Waals surface area (Å²) in [6.45, 7) is 4.78. The van der Waals surface area contributed by atoms with Gasteiger partial charge in [0, 0.05) is 12.1 Å². The average molecular weight is 398 g/mol. The molecule has 2 rings (SSSR count). The van der Waals surface area contributed by atoms with Gasteiger partial charge < -0.3 is 11.1 Å². The fourth-order valence-corrected chi connectivity index (χ4v) is 3.38. The van der Waals surface area contributed by atoms with E-state index in [1.165, 1.54) is 24.3 Å². The summed E-state index contributed by atoms with van der Waals surface area (Å²) in [7, 11) is -3.71. The van der Waals surface area contributed by atoms with Crippen molar-refractivity contribution in [1.82, 2.24) is 5.32 Å². The highest BCUT2D eigenvalue weighted by Crippen LogP contribution is 2.22. The van der Waals surface area contributed by atoms with Gasteiger partial charge in [0.15, 0.2) is 0 Å². The molecule has 1 amide bonds. The van der Waals surface area contributed by atoms with Gasteiger partial charge in [0.05, 0.1) is 10.6 Å². The number of aryl methyl sites for hydroxylation is 1. The molecule has 2 aromatic carbocycles. The van der Waals surface area contributed by atoms with Gasteiger partial charge in [0.2, 0.25) is 0 Å². The van der Waals surface area contributed by atoms with E-state index >= 15 is 0 Å². The second kappa shape index (κ2) is 9.56. The van der Waals surface area contributed by atoms with Crippen LogP contribution in [0.5, 0.6) is 0 Å². The third-order valence-electron chi connectivity index (χ3n) is 3.94. The zero-order chi connectivity index (χ0) is 18.4. The van der Waals surface area contributed by atoms with Crippen molar-refractivity contribution in [1.29, 1.82) is 0 Å². The van der Waals surface area contributed by atoms with E-state index in [1.54, 1.807) is 12.1 Å². The molecule has 8 heteroatoms. The molecule has 0 bridgehead atoms. The molecule has 0 saturated heterocycles. The number of hydrogen-bond donors (Lipinski definition) is 3. The molecule has 0 fully saturated rings. The van der Waals surface area contributed by atoms with Crippen molar-refractivity contribution in [3.05, 3.63) is 59.2 Å². The monoisotopic (exact) mass is 397 g/mol. The largest absolute Gasteiger partial charge is 0.352 e.